The molecule has 0 spiro atoms. The first-order valence-electron chi connectivity index (χ1n) is 6.54. The molecule has 1 N–H and O–H groups in total. The van der Waals surface area contributed by atoms with Gasteiger partial charge in [0.25, 0.3) is 0 Å². The van der Waals surface area contributed by atoms with Crippen molar-refractivity contribution >= 4 is 9.84 Å². The van der Waals surface area contributed by atoms with Gasteiger partial charge in [-0.25, -0.2) is 8.42 Å². The lowest BCUT2D eigenvalue weighted by molar-refractivity contribution is 0.196. The fourth-order valence-electron chi connectivity index (χ4n) is 2.14. The zero-order chi connectivity index (χ0) is 15.5. The molecule has 0 saturated heterocycles. The van der Waals surface area contributed by atoms with Gasteiger partial charge in [-0.05, 0) is 30.7 Å². The highest BCUT2D eigenvalue weighted by atomic mass is 32.2. The fourth-order valence-corrected chi connectivity index (χ4v) is 3.58. The quantitative estimate of drug-likeness (QED) is 0.922. The zero-order valence-corrected chi connectivity index (χ0v) is 12.8. The lowest BCUT2D eigenvalue weighted by Gasteiger charge is -2.15. The second-order valence-corrected chi connectivity index (χ2v) is 6.89. The fraction of sp³-hybridized carbons (Fsp3) is 0.250. The van der Waals surface area contributed by atoms with Gasteiger partial charge < -0.3 is 9.84 Å². The van der Waals surface area contributed by atoms with Crippen LogP contribution in [-0.4, -0.2) is 26.4 Å². The normalized spacial score (nSPS) is 12.9. The molecule has 2 aromatic carbocycles. The molecule has 0 heterocycles. The second-order valence-electron chi connectivity index (χ2n) is 4.86. The van der Waals surface area contributed by atoms with Gasteiger partial charge in [0.05, 0.1) is 23.9 Å². The van der Waals surface area contributed by atoms with E-state index < -0.39 is 15.9 Å². The highest BCUT2D eigenvalue weighted by Gasteiger charge is 2.23. The molecule has 2 aromatic rings. The molecule has 5 heteroatoms. The third-order valence-corrected chi connectivity index (χ3v) is 4.95. The minimum Gasteiger partial charge on any atom is -0.496 e. The van der Waals surface area contributed by atoms with Crippen molar-refractivity contribution in [2.45, 2.75) is 17.9 Å². The van der Waals surface area contributed by atoms with E-state index in [1.165, 1.54) is 13.2 Å². The Labute approximate surface area is 124 Å². The van der Waals surface area contributed by atoms with Crippen molar-refractivity contribution in [3.8, 4) is 5.75 Å². The molecule has 0 radical (unpaired) electrons. The highest BCUT2D eigenvalue weighted by Crippen LogP contribution is 2.27. The van der Waals surface area contributed by atoms with E-state index in [0.717, 1.165) is 5.56 Å². The number of aliphatic hydroxyl groups is 1. The van der Waals surface area contributed by atoms with Crippen molar-refractivity contribution in [1.29, 1.82) is 0 Å². The summed E-state index contributed by atoms with van der Waals surface area (Å²) in [7, 11) is -2.07. The van der Waals surface area contributed by atoms with E-state index in [-0.39, 0.29) is 10.6 Å². The monoisotopic (exact) mass is 306 g/mol. The van der Waals surface area contributed by atoms with E-state index in [0.29, 0.717) is 11.3 Å². The number of ether oxygens (including phenoxy) is 1. The Kier molecular flexibility index (Phi) is 4.65. The molecule has 0 bridgehead atoms. The van der Waals surface area contributed by atoms with E-state index in [1.54, 1.807) is 36.4 Å². The highest BCUT2D eigenvalue weighted by molar-refractivity contribution is 7.91. The van der Waals surface area contributed by atoms with Crippen LogP contribution in [0, 0.1) is 6.92 Å². The van der Waals surface area contributed by atoms with Gasteiger partial charge in [-0.15, -0.1) is 0 Å². The smallest absolute Gasteiger partial charge is 0.181 e. The van der Waals surface area contributed by atoms with E-state index in [4.69, 9.17) is 4.74 Å². The van der Waals surface area contributed by atoms with Gasteiger partial charge in [0.15, 0.2) is 9.84 Å². The SMILES string of the molecule is COc1ccccc1C(O)CS(=O)(=O)c1cccc(C)c1. The second kappa shape index (κ2) is 6.28. The maximum absolute atomic E-state index is 12.4. The molecule has 1 atom stereocenters. The number of hydrogen-bond acceptors (Lipinski definition) is 4. The molecular weight excluding hydrogens is 288 g/mol. The minimum atomic E-state index is -3.56. The molecule has 0 aliphatic heterocycles. The maximum atomic E-state index is 12.4. The number of rotatable bonds is 5. The summed E-state index contributed by atoms with van der Waals surface area (Å²) in [6.45, 7) is 1.83. The van der Waals surface area contributed by atoms with Crippen molar-refractivity contribution in [2.24, 2.45) is 0 Å². The standard InChI is InChI=1S/C16H18O4S/c1-12-6-5-7-13(10-12)21(18,19)11-15(17)14-8-3-4-9-16(14)20-2/h3-10,15,17H,11H2,1-2H3. The first-order valence-corrected chi connectivity index (χ1v) is 8.19. The predicted molar refractivity (Wildman–Crippen MR) is 81.2 cm³/mol. The maximum Gasteiger partial charge on any atom is 0.181 e. The molecule has 0 saturated carbocycles. The summed E-state index contributed by atoms with van der Waals surface area (Å²) in [5.41, 5.74) is 1.33. The summed E-state index contributed by atoms with van der Waals surface area (Å²) in [5.74, 6) is 0.0982. The van der Waals surface area contributed by atoms with E-state index >= 15 is 0 Å². The minimum absolute atomic E-state index is 0.219. The molecule has 0 aliphatic rings. The Morgan fingerprint density at radius 2 is 1.86 bits per heavy atom. The molecular formula is C16H18O4S. The number of sulfone groups is 1. The Hall–Kier alpha value is -1.85. The van der Waals surface area contributed by atoms with Crippen molar-refractivity contribution in [1.82, 2.24) is 0 Å². The van der Waals surface area contributed by atoms with Crippen LogP contribution in [0.25, 0.3) is 0 Å². The van der Waals surface area contributed by atoms with Crippen LogP contribution in [0.5, 0.6) is 5.75 Å². The Morgan fingerprint density at radius 3 is 2.52 bits per heavy atom. The molecule has 0 aromatic heterocycles. The van der Waals surface area contributed by atoms with Crippen LogP contribution in [0.3, 0.4) is 0 Å². The van der Waals surface area contributed by atoms with E-state index in [1.807, 2.05) is 13.0 Å². The Balaban J connectivity index is 2.28. The third-order valence-electron chi connectivity index (χ3n) is 3.22. The van der Waals surface area contributed by atoms with Crippen molar-refractivity contribution in [2.75, 3.05) is 12.9 Å². The van der Waals surface area contributed by atoms with Gasteiger partial charge >= 0.3 is 0 Å². The third kappa shape index (κ3) is 3.62. The van der Waals surface area contributed by atoms with Crippen LogP contribution in [0.15, 0.2) is 53.4 Å². The van der Waals surface area contributed by atoms with Gasteiger partial charge in [-0.2, -0.15) is 0 Å². The van der Waals surface area contributed by atoms with Crippen molar-refractivity contribution in [3.05, 3.63) is 59.7 Å². The largest absolute Gasteiger partial charge is 0.496 e. The summed E-state index contributed by atoms with van der Waals surface area (Å²) >= 11 is 0. The van der Waals surface area contributed by atoms with Gasteiger partial charge in [-0.1, -0.05) is 30.3 Å². The first kappa shape index (κ1) is 15.5. The summed E-state index contributed by atoms with van der Waals surface area (Å²) < 4.78 is 29.9. The molecule has 0 fully saturated rings. The van der Waals surface area contributed by atoms with Gasteiger partial charge in [0.2, 0.25) is 0 Å². The molecule has 1 unspecified atom stereocenters. The van der Waals surface area contributed by atoms with Crippen LogP contribution >= 0.6 is 0 Å². The molecule has 0 amide bonds. The molecule has 2 rings (SSSR count). The first-order chi connectivity index (χ1) is 9.94. The summed E-state index contributed by atoms with van der Waals surface area (Å²) in [5, 5.41) is 10.2. The number of aryl methyl sites for hydroxylation is 1. The molecule has 0 aliphatic carbocycles. The number of methoxy groups -OCH3 is 1. The number of para-hydroxylation sites is 1. The van der Waals surface area contributed by atoms with Crippen LogP contribution < -0.4 is 4.74 Å². The van der Waals surface area contributed by atoms with Gasteiger partial charge in [0, 0.05) is 5.56 Å². The average molecular weight is 306 g/mol. The van der Waals surface area contributed by atoms with Crippen molar-refractivity contribution < 1.29 is 18.3 Å². The Morgan fingerprint density at radius 1 is 1.14 bits per heavy atom. The Bertz CT molecular complexity index is 723. The number of aliphatic hydroxyl groups excluding tert-OH is 1. The van der Waals surface area contributed by atoms with Gasteiger partial charge in [0.1, 0.15) is 5.75 Å². The summed E-state index contributed by atoms with van der Waals surface area (Å²) in [6, 6.07) is 13.5. The average Bonchev–Trinajstić information content (AvgIpc) is 2.46. The molecule has 21 heavy (non-hydrogen) atoms. The lowest BCUT2D eigenvalue weighted by atomic mass is 10.1. The topological polar surface area (TPSA) is 63.6 Å². The van der Waals surface area contributed by atoms with Crippen LogP contribution in [0.2, 0.25) is 0 Å². The number of hydrogen-bond donors (Lipinski definition) is 1. The molecule has 112 valence electrons. The van der Waals surface area contributed by atoms with Crippen LogP contribution in [-0.2, 0) is 9.84 Å². The lowest BCUT2D eigenvalue weighted by Crippen LogP contribution is -2.15. The van der Waals surface area contributed by atoms with Crippen LogP contribution in [0.4, 0.5) is 0 Å². The number of benzene rings is 2. The zero-order valence-electron chi connectivity index (χ0n) is 12.0. The van der Waals surface area contributed by atoms with Gasteiger partial charge in [-0.3, -0.25) is 0 Å². The predicted octanol–water partition coefficient (Wildman–Crippen LogP) is 2.51. The van der Waals surface area contributed by atoms with E-state index in [2.05, 4.69) is 0 Å². The van der Waals surface area contributed by atoms with E-state index in [9.17, 15) is 13.5 Å². The summed E-state index contributed by atoms with van der Waals surface area (Å²) in [4.78, 5) is 0.219. The molecule has 4 nitrogen and oxygen atoms in total. The van der Waals surface area contributed by atoms with Crippen LogP contribution in [0.1, 0.15) is 17.2 Å². The summed E-state index contributed by atoms with van der Waals surface area (Å²) in [6.07, 6.45) is -1.13. The van der Waals surface area contributed by atoms with Crippen molar-refractivity contribution in [3.63, 3.8) is 0 Å².